The zero-order valence-electron chi connectivity index (χ0n) is 14.1. The highest BCUT2D eigenvalue weighted by molar-refractivity contribution is 6.31. The van der Waals surface area contributed by atoms with Crippen molar-refractivity contribution in [2.24, 2.45) is 5.92 Å². The summed E-state index contributed by atoms with van der Waals surface area (Å²) < 4.78 is 0. The van der Waals surface area contributed by atoms with Crippen LogP contribution in [-0.4, -0.2) is 36.3 Å². The standard InChI is InChI=1S/C18H25ClN2O2/c1-13-6-5-10-20(12-13)18(23)9-11-21(15(3)22)17-8-4-7-16(19)14(17)2/h4,7-8,13H,5-6,9-12H2,1-3H3. The molecule has 1 fully saturated rings. The number of hydrogen-bond donors (Lipinski definition) is 0. The number of halogens is 1. The highest BCUT2D eigenvalue weighted by atomic mass is 35.5. The summed E-state index contributed by atoms with van der Waals surface area (Å²) in [6, 6.07) is 5.50. The Bertz CT molecular complexity index is 588. The quantitative estimate of drug-likeness (QED) is 0.842. The van der Waals surface area contributed by atoms with Crippen molar-refractivity contribution in [2.75, 3.05) is 24.5 Å². The molecule has 0 aliphatic carbocycles. The molecule has 1 aromatic carbocycles. The molecule has 1 aliphatic heterocycles. The minimum atomic E-state index is -0.0739. The lowest BCUT2D eigenvalue weighted by Crippen LogP contribution is -2.41. The number of rotatable bonds is 4. The summed E-state index contributed by atoms with van der Waals surface area (Å²) in [7, 11) is 0. The minimum Gasteiger partial charge on any atom is -0.342 e. The molecule has 1 atom stereocenters. The van der Waals surface area contributed by atoms with Gasteiger partial charge in [0.25, 0.3) is 0 Å². The molecule has 2 amide bonds. The van der Waals surface area contributed by atoms with Crippen LogP contribution in [0.25, 0.3) is 0 Å². The number of carbonyl (C=O) groups is 2. The van der Waals surface area contributed by atoms with Crippen LogP contribution >= 0.6 is 11.6 Å². The van der Waals surface area contributed by atoms with E-state index in [0.717, 1.165) is 30.8 Å². The van der Waals surface area contributed by atoms with E-state index in [1.807, 2.05) is 24.0 Å². The van der Waals surface area contributed by atoms with E-state index in [1.165, 1.54) is 13.3 Å². The van der Waals surface area contributed by atoms with E-state index in [4.69, 9.17) is 11.6 Å². The largest absolute Gasteiger partial charge is 0.342 e. The van der Waals surface area contributed by atoms with Gasteiger partial charge in [-0.1, -0.05) is 24.6 Å². The van der Waals surface area contributed by atoms with E-state index in [1.54, 1.807) is 11.0 Å². The van der Waals surface area contributed by atoms with Crippen LogP contribution in [0.4, 0.5) is 5.69 Å². The Hall–Kier alpha value is -1.55. The van der Waals surface area contributed by atoms with Crippen molar-refractivity contribution in [1.82, 2.24) is 4.90 Å². The number of anilines is 1. The highest BCUT2D eigenvalue weighted by Gasteiger charge is 2.22. The summed E-state index contributed by atoms with van der Waals surface area (Å²) in [6.07, 6.45) is 2.60. The Kier molecular flexibility index (Phi) is 6.05. The first-order valence-electron chi connectivity index (χ1n) is 8.21. The lowest BCUT2D eigenvalue weighted by molar-refractivity contribution is -0.132. The van der Waals surface area contributed by atoms with Crippen molar-refractivity contribution < 1.29 is 9.59 Å². The van der Waals surface area contributed by atoms with Crippen LogP contribution in [0.2, 0.25) is 5.02 Å². The molecule has 1 aromatic rings. The van der Waals surface area contributed by atoms with Crippen molar-refractivity contribution in [3.63, 3.8) is 0 Å². The molecule has 2 rings (SSSR count). The topological polar surface area (TPSA) is 40.6 Å². The second-order valence-corrected chi connectivity index (χ2v) is 6.80. The van der Waals surface area contributed by atoms with E-state index in [9.17, 15) is 9.59 Å². The van der Waals surface area contributed by atoms with Crippen molar-refractivity contribution in [3.8, 4) is 0 Å². The van der Waals surface area contributed by atoms with Gasteiger partial charge in [0.1, 0.15) is 0 Å². The maximum absolute atomic E-state index is 12.4. The number of benzene rings is 1. The van der Waals surface area contributed by atoms with Crippen LogP contribution in [0.5, 0.6) is 0 Å². The van der Waals surface area contributed by atoms with Gasteiger partial charge in [-0.05, 0) is 43.4 Å². The van der Waals surface area contributed by atoms with Gasteiger partial charge in [-0.3, -0.25) is 9.59 Å². The number of likely N-dealkylation sites (tertiary alicyclic amines) is 1. The fourth-order valence-corrected chi connectivity index (χ4v) is 3.29. The van der Waals surface area contributed by atoms with E-state index < -0.39 is 0 Å². The van der Waals surface area contributed by atoms with Gasteiger partial charge in [-0.2, -0.15) is 0 Å². The molecular formula is C18H25ClN2O2. The van der Waals surface area contributed by atoms with Crippen molar-refractivity contribution in [1.29, 1.82) is 0 Å². The van der Waals surface area contributed by atoms with Crippen molar-refractivity contribution in [3.05, 3.63) is 28.8 Å². The fourth-order valence-electron chi connectivity index (χ4n) is 3.12. The SMILES string of the molecule is CC(=O)N(CCC(=O)N1CCCC(C)C1)c1cccc(Cl)c1C. The Balaban J connectivity index is 2.04. The van der Waals surface area contributed by atoms with Crippen LogP contribution in [0.3, 0.4) is 0 Å². The zero-order chi connectivity index (χ0) is 17.0. The molecule has 0 radical (unpaired) electrons. The molecule has 1 unspecified atom stereocenters. The van der Waals surface area contributed by atoms with Gasteiger partial charge in [0.15, 0.2) is 0 Å². The molecule has 23 heavy (non-hydrogen) atoms. The number of amides is 2. The maximum Gasteiger partial charge on any atom is 0.224 e. The predicted molar refractivity (Wildman–Crippen MR) is 93.8 cm³/mol. The van der Waals surface area contributed by atoms with Crippen molar-refractivity contribution in [2.45, 2.75) is 40.0 Å². The Morgan fingerprint density at radius 3 is 2.78 bits per heavy atom. The molecule has 0 spiro atoms. The Morgan fingerprint density at radius 2 is 2.13 bits per heavy atom. The van der Waals surface area contributed by atoms with E-state index in [0.29, 0.717) is 23.9 Å². The average Bonchev–Trinajstić information content (AvgIpc) is 2.51. The first kappa shape index (κ1) is 17.8. The summed E-state index contributed by atoms with van der Waals surface area (Å²) in [5.74, 6) is 0.615. The predicted octanol–water partition coefficient (Wildman–Crippen LogP) is 3.65. The highest BCUT2D eigenvalue weighted by Crippen LogP contribution is 2.27. The number of nitrogens with zero attached hydrogens (tertiary/aromatic N) is 2. The molecule has 4 nitrogen and oxygen atoms in total. The summed E-state index contributed by atoms with van der Waals surface area (Å²) in [6.45, 7) is 7.64. The summed E-state index contributed by atoms with van der Waals surface area (Å²) in [5, 5.41) is 0.630. The Labute approximate surface area is 143 Å². The van der Waals surface area contributed by atoms with Gasteiger partial charge in [-0.25, -0.2) is 0 Å². The smallest absolute Gasteiger partial charge is 0.224 e. The Morgan fingerprint density at radius 1 is 1.39 bits per heavy atom. The van der Waals surface area contributed by atoms with Crippen LogP contribution in [0, 0.1) is 12.8 Å². The summed E-state index contributed by atoms with van der Waals surface area (Å²) in [5.41, 5.74) is 1.65. The molecule has 0 N–H and O–H groups in total. The first-order chi connectivity index (χ1) is 10.9. The zero-order valence-corrected chi connectivity index (χ0v) is 14.9. The normalized spacial score (nSPS) is 17.9. The number of piperidine rings is 1. The molecule has 5 heteroatoms. The monoisotopic (exact) mass is 336 g/mol. The van der Waals surface area contributed by atoms with Gasteiger partial charge < -0.3 is 9.80 Å². The van der Waals surface area contributed by atoms with Gasteiger partial charge in [0.2, 0.25) is 11.8 Å². The third-order valence-electron chi connectivity index (χ3n) is 4.47. The fraction of sp³-hybridized carbons (Fsp3) is 0.556. The van der Waals surface area contributed by atoms with Crippen LogP contribution in [0.1, 0.15) is 38.7 Å². The van der Waals surface area contributed by atoms with Crippen LogP contribution in [-0.2, 0) is 9.59 Å². The average molecular weight is 337 g/mol. The van der Waals surface area contributed by atoms with Crippen LogP contribution in [0.15, 0.2) is 18.2 Å². The molecular weight excluding hydrogens is 312 g/mol. The van der Waals surface area contributed by atoms with Gasteiger partial charge in [-0.15, -0.1) is 0 Å². The molecule has 1 saturated heterocycles. The molecule has 1 heterocycles. The van der Waals surface area contributed by atoms with Crippen LogP contribution < -0.4 is 4.90 Å². The van der Waals surface area contributed by atoms with Gasteiger partial charge >= 0.3 is 0 Å². The van der Waals surface area contributed by atoms with E-state index in [-0.39, 0.29) is 11.8 Å². The molecule has 0 bridgehead atoms. The number of carbonyl (C=O) groups excluding carboxylic acids is 2. The molecule has 0 aromatic heterocycles. The lowest BCUT2D eigenvalue weighted by atomic mass is 10.00. The summed E-state index contributed by atoms with van der Waals surface area (Å²) >= 11 is 6.15. The number of hydrogen-bond acceptors (Lipinski definition) is 2. The molecule has 1 aliphatic rings. The minimum absolute atomic E-state index is 0.0739. The second kappa shape index (κ2) is 7.82. The third kappa shape index (κ3) is 4.47. The first-order valence-corrected chi connectivity index (χ1v) is 8.59. The van der Waals surface area contributed by atoms with E-state index >= 15 is 0 Å². The van der Waals surface area contributed by atoms with Gasteiger partial charge in [0, 0.05) is 43.7 Å². The van der Waals surface area contributed by atoms with Crippen molar-refractivity contribution >= 4 is 29.1 Å². The maximum atomic E-state index is 12.4. The molecule has 126 valence electrons. The van der Waals surface area contributed by atoms with Gasteiger partial charge in [0.05, 0.1) is 0 Å². The summed E-state index contributed by atoms with van der Waals surface area (Å²) in [4.78, 5) is 28.0. The third-order valence-corrected chi connectivity index (χ3v) is 4.88. The van der Waals surface area contributed by atoms with E-state index in [2.05, 4.69) is 6.92 Å². The molecule has 0 saturated carbocycles. The second-order valence-electron chi connectivity index (χ2n) is 6.39. The lowest BCUT2D eigenvalue weighted by Gasteiger charge is -2.32.